The summed E-state index contributed by atoms with van der Waals surface area (Å²) >= 11 is 4.59. The van der Waals surface area contributed by atoms with Crippen LogP contribution in [0.4, 0.5) is 11.5 Å². The molecule has 0 radical (unpaired) electrons. The molecule has 1 aliphatic heterocycles. The maximum absolute atomic E-state index is 12.9. The summed E-state index contributed by atoms with van der Waals surface area (Å²) in [6.45, 7) is 2.02. The molecule has 1 saturated heterocycles. The molecule has 140 valence electrons. The van der Waals surface area contributed by atoms with Crippen molar-refractivity contribution >= 4 is 62.5 Å². The summed E-state index contributed by atoms with van der Waals surface area (Å²) in [7, 11) is 0. The number of thiophene rings is 1. The van der Waals surface area contributed by atoms with Crippen molar-refractivity contribution in [2.45, 2.75) is 22.9 Å². The molecule has 8 heteroatoms. The molecule has 0 aliphatic carbocycles. The van der Waals surface area contributed by atoms with Gasteiger partial charge in [-0.25, -0.2) is 9.97 Å². The number of hydrogen-bond acceptors (Lipinski definition) is 7. The van der Waals surface area contributed by atoms with Gasteiger partial charge in [0.15, 0.2) is 5.16 Å². The molecule has 0 bridgehead atoms. The maximum atomic E-state index is 12.9. The third-order valence-electron chi connectivity index (χ3n) is 4.52. The molecule has 0 unspecified atom stereocenters. The first-order chi connectivity index (χ1) is 13.2. The molecule has 0 atom stereocenters. The van der Waals surface area contributed by atoms with E-state index in [-0.39, 0.29) is 5.91 Å². The van der Waals surface area contributed by atoms with Crippen molar-refractivity contribution in [3.8, 4) is 0 Å². The van der Waals surface area contributed by atoms with Crippen molar-refractivity contribution in [1.29, 1.82) is 0 Å². The molecule has 1 amide bonds. The highest BCUT2D eigenvalue weighted by atomic mass is 32.2. The molecule has 3 heterocycles. The number of fused-ring (bicyclic) bond motifs is 1. The molecule has 27 heavy (non-hydrogen) atoms. The molecular weight excluding hydrogens is 396 g/mol. The van der Waals surface area contributed by atoms with E-state index >= 15 is 0 Å². The average molecular weight is 417 g/mol. The van der Waals surface area contributed by atoms with Crippen LogP contribution in [0, 0.1) is 0 Å². The Morgan fingerprint density at radius 3 is 2.67 bits per heavy atom. The van der Waals surface area contributed by atoms with Crippen LogP contribution in [0.25, 0.3) is 10.2 Å². The minimum Gasteiger partial charge on any atom is -0.356 e. The van der Waals surface area contributed by atoms with E-state index in [4.69, 9.17) is 4.98 Å². The molecule has 1 aliphatic rings. The Bertz CT molecular complexity index is 982. The number of rotatable bonds is 5. The normalized spacial score (nSPS) is 14.1. The van der Waals surface area contributed by atoms with Crippen LogP contribution >= 0.6 is 34.9 Å². The Balaban J connectivity index is 1.70. The van der Waals surface area contributed by atoms with Crippen molar-refractivity contribution in [1.82, 2.24) is 9.97 Å². The Kier molecular flexibility index (Phi) is 5.56. The second-order valence-electron chi connectivity index (χ2n) is 6.21. The number of nitrogens with zero attached hydrogens (tertiary/aromatic N) is 3. The smallest absolute Gasteiger partial charge is 0.265 e. The van der Waals surface area contributed by atoms with Gasteiger partial charge in [-0.2, -0.15) is 0 Å². The van der Waals surface area contributed by atoms with Gasteiger partial charge >= 0.3 is 0 Å². The number of aromatic nitrogens is 2. The minimum absolute atomic E-state index is 0.0995. The van der Waals surface area contributed by atoms with E-state index in [0.29, 0.717) is 4.88 Å². The van der Waals surface area contributed by atoms with Gasteiger partial charge in [-0.3, -0.25) is 4.79 Å². The van der Waals surface area contributed by atoms with Crippen LogP contribution in [-0.4, -0.2) is 41.5 Å². The average Bonchev–Trinajstić information content (AvgIpc) is 3.37. The van der Waals surface area contributed by atoms with Crippen molar-refractivity contribution in [2.24, 2.45) is 0 Å². The first kappa shape index (κ1) is 18.6. The standard InChI is InChI=1S/C19H20N4OS3/c1-25-14-8-4-3-7-13(14)20-17(24)15-11-12-16(23-9-5-6-10-23)21-19(26-2)22-18(12)27-15/h3-4,7-8,11H,5-6,9-10H2,1-2H3,(H,20,24). The largest absolute Gasteiger partial charge is 0.356 e. The SMILES string of the molecule is CSc1nc(N2CCCC2)c2cc(C(=O)Nc3ccccc3SC)sc2n1. The molecule has 4 rings (SSSR count). The number of nitrogens with one attached hydrogen (secondary N) is 1. The van der Waals surface area contributed by atoms with Crippen molar-refractivity contribution in [2.75, 3.05) is 35.8 Å². The molecule has 3 aromatic rings. The lowest BCUT2D eigenvalue weighted by Gasteiger charge is -2.17. The Morgan fingerprint density at radius 1 is 1.15 bits per heavy atom. The summed E-state index contributed by atoms with van der Waals surface area (Å²) < 4.78 is 0. The van der Waals surface area contributed by atoms with Crippen LogP contribution in [0.2, 0.25) is 0 Å². The third kappa shape index (κ3) is 3.79. The minimum atomic E-state index is -0.0995. The van der Waals surface area contributed by atoms with Crippen LogP contribution in [-0.2, 0) is 0 Å². The second-order valence-corrected chi connectivity index (χ2v) is 8.86. The molecule has 1 N–H and O–H groups in total. The highest BCUT2D eigenvalue weighted by Crippen LogP contribution is 2.35. The summed E-state index contributed by atoms with van der Waals surface area (Å²) in [6, 6.07) is 9.78. The van der Waals surface area contributed by atoms with Gasteiger partial charge in [-0.05, 0) is 43.6 Å². The van der Waals surface area contributed by atoms with Gasteiger partial charge in [0.1, 0.15) is 10.6 Å². The van der Waals surface area contributed by atoms with Crippen LogP contribution in [0.15, 0.2) is 40.4 Å². The van der Waals surface area contributed by atoms with E-state index in [1.807, 2.05) is 42.8 Å². The van der Waals surface area contributed by atoms with Crippen LogP contribution < -0.4 is 10.2 Å². The molecule has 5 nitrogen and oxygen atoms in total. The number of benzene rings is 1. The van der Waals surface area contributed by atoms with Gasteiger partial charge in [0, 0.05) is 18.0 Å². The van der Waals surface area contributed by atoms with E-state index in [1.54, 1.807) is 11.8 Å². The lowest BCUT2D eigenvalue weighted by Crippen LogP contribution is -2.19. The van der Waals surface area contributed by atoms with Crippen LogP contribution in [0.1, 0.15) is 22.5 Å². The predicted molar refractivity (Wildman–Crippen MR) is 117 cm³/mol. The fourth-order valence-corrected chi connectivity index (χ4v) is 5.09. The van der Waals surface area contributed by atoms with Crippen LogP contribution in [0.3, 0.4) is 0 Å². The first-order valence-electron chi connectivity index (χ1n) is 8.74. The van der Waals surface area contributed by atoms with Crippen molar-refractivity contribution in [3.63, 3.8) is 0 Å². The van der Waals surface area contributed by atoms with Gasteiger partial charge in [0.2, 0.25) is 0 Å². The number of thioether (sulfide) groups is 2. The fourth-order valence-electron chi connectivity index (χ4n) is 3.19. The highest BCUT2D eigenvalue weighted by molar-refractivity contribution is 7.98. The lowest BCUT2D eigenvalue weighted by molar-refractivity contribution is 0.103. The van der Waals surface area contributed by atoms with Gasteiger partial charge in [0.25, 0.3) is 5.91 Å². The van der Waals surface area contributed by atoms with E-state index in [1.165, 1.54) is 35.9 Å². The zero-order valence-corrected chi connectivity index (χ0v) is 17.6. The molecule has 1 aromatic carbocycles. The Labute approximate surface area is 171 Å². The number of amides is 1. The van der Waals surface area contributed by atoms with Gasteiger partial charge in [-0.1, -0.05) is 23.9 Å². The number of carbonyl (C=O) groups excluding carboxylic acids is 1. The van der Waals surface area contributed by atoms with Gasteiger partial charge in [-0.15, -0.1) is 23.1 Å². The molecule has 1 fully saturated rings. The first-order valence-corrected chi connectivity index (χ1v) is 12.0. The topological polar surface area (TPSA) is 58.1 Å². The van der Waals surface area contributed by atoms with E-state index in [2.05, 4.69) is 15.2 Å². The Morgan fingerprint density at radius 2 is 1.93 bits per heavy atom. The summed E-state index contributed by atoms with van der Waals surface area (Å²) in [5.74, 6) is 0.860. The zero-order chi connectivity index (χ0) is 18.8. The lowest BCUT2D eigenvalue weighted by atomic mass is 10.3. The van der Waals surface area contributed by atoms with Gasteiger partial charge in [0.05, 0.1) is 16.0 Å². The summed E-state index contributed by atoms with van der Waals surface area (Å²) in [5.41, 5.74) is 0.836. The van der Waals surface area contributed by atoms with E-state index in [9.17, 15) is 4.79 Å². The summed E-state index contributed by atoms with van der Waals surface area (Å²) in [4.78, 5) is 27.1. The summed E-state index contributed by atoms with van der Waals surface area (Å²) in [5, 5.41) is 4.77. The van der Waals surface area contributed by atoms with E-state index < -0.39 is 0 Å². The van der Waals surface area contributed by atoms with Crippen molar-refractivity contribution in [3.05, 3.63) is 35.2 Å². The molecule has 2 aromatic heterocycles. The predicted octanol–water partition coefficient (Wildman–Crippen LogP) is 4.99. The number of anilines is 2. The number of carbonyl (C=O) groups is 1. The third-order valence-corrected chi connectivity index (χ3v) is 6.89. The molecule has 0 saturated carbocycles. The van der Waals surface area contributed by atoms with Gasteiger partial charge < -0.3 is 10.2 Å². The highest BCUT2D eigenvalue weighted by Gasteiger charge is 2.21. The zero-order valence-electron chi connectivity index (χ0n) is 15.2. The number of hydrogen-bond donors (Lipinski definition) is 1. The van der Waals surface area contributed by atoms with Crippen molar-refractivity contribution < 1.29 is 4.79 Å². The number of para-hydroxylation sites is 1. The maximum Gasteiger partial charge on any atom is 0.265 e. The Hall–Kier alpha value is -1.77. The quantitative estimate of drug-likeness (QED) is 0.467. The van der Waals surface area contributed by atoms with E-state index in [0.717, 1.165) is 44.9 Å². The second kappa shape index (κ2) is 8.08. The van der Waals surface area contributed by atoms with Crippen LogP contribution in [0.5, 0.6) is 0 Å². The molecular formula is C19H20N4OS3. The fraction of sp³-hybridized carbons (Fsp3) is 0.316. The summed E-state index contributed by atoms with van der Waals surface area (Å²) in [6.07, 6.45) is 6.36. The monoisotopic (exact) mass is 416 g/mol. The molecule has 0 spiro atoms.